The van der Waals surface area contributed by atoms with E-state index in [9.17, 15) is 5.11 Å². The molecule has 0 bridgehead atoms. The molecule has 14 heavy (non-hydrogen) atoms. The second-order valence-electron chi connectivity index (χ2n) is 3.06. The van der Waals surface area contributed by atoms with Crippen LogP contribution < -0.4 is 11.1 Å². The Bertz CT molecular complexity index is 289. The van der Waals surface area contributed by atoms with Crippen LogP contribution in [0.4, 0.5) is 5.69 Å². The Hall–Kier alpha value is -1.26. The summed E-state index contributed by atoms with van der Waals surface area (Å²) in [6.07, 6.45) is 0. The van der Waals surface area contributed by atoms with Gasteiger partial charge in [0, 0.05) is 31.5 Å². The maximum atomic E-state index is 9.46. The number of phenolic OH excluding ortho intramolecular Hbond substituents is 1. The van der Waals surface area contributed by atoms with Crippen molar-refractivity contribution in [2.45, 2.75) is 6.54 Å². The van der Waals surface area contributed by atoms with Gasteiger partial charge in [-0.1, -0.05) is 0 Å². The fourth-order valence-electron chi connectivity index (χ4n) is 1.14. The fraction of sp³-hybridized carbons (Fsp3) is 0.400. The smallest absolute Gasteiger partial charge is 0.120 e. The summed E-state index contributed by atoms with van der Waals surface area (Å²) in [5.41, 5.74) is 7.06. The lowest BCUT2D eigenvalue weighted by Crippen LogP contribution is -2.18. The molecular formula is C10H16N2O2. The number of aromatic hydroxyl groups is 1. The number of benzene rings is 1. The number of methoxy groups -OCH3 is 1. The summed E-state index contributed by atoms with van der Waals surface area (Å²) < 4.78 is 4.88. The molecule has 0 radical (unpaired) electrons. The number of phenols is 1. The highest BCUT2D eigenvalue weighted by molar-refractivity contribution is 5.47. The summed E-state index contributed by atoms with van der Waals surface area (Å²) in [4.78, 5) is 0. The first-order valence-electron chi connectivity index (χ1n) is 4.51. The zero-order chi connectivity index (χ0) is 10.4. The maximum absolute atomic E-state index is 9.46. The molecular weight excluding hydrogens is 180 g/mol. The summed E-state index contributed by atoms with van der Waals surface area (Å²) in [6, 6.07) is 5.03. The van der Waals surface area contributed by atoms with Gasteiger partial charge in [-0.3, -0.25) is 0 Å². The lowest BCUT2D eigenvalue weighted by Gasteiger charge is -2.07. The Kier molecular flexibility index (Phi) is 4.22. The Morgan fingerprint density at radius 1 is 1.50 bits per heavy atom. The zero-order valence-corrected chi connectivity index (χ0v) is 8.29. The number of nitrogen functional groups attached to an aromatic ring is 1. The average Bonchev–Trinajstić information content (AvgIpc) is 2.18. The van der Waals surface area contributed by atoms with Crippen LogP contribution >= 0.6 is 0 Å². The molecule has 0 saturated carbocycles. The highest BCUT2D eigenvalue weighted by Gasteiger charge is 2.00. The zero-order valence-electron chi connectivity index (χ0n) is 8.29. The summed E-state index contributed by atoms with van der Waals surface area (Å²) in [7, 11) is 1.65. The van der Waals surface area contributed by atoms with Crippen molar-refractivity contribution < 1.29 is 9.84 Å². The van der Waals surface area contributed by atoms with E-state index in [2.05, 4.69) is 5.32 Å². The maximum Gasteiger partial charge on any atom is 0.120 e. The molecule has 1 rings (SSSR count). The van der Waals surface area contributed by atoms with Crippen molar-refractivity contribution in [2.24, 2.45) is 0 Å². The van der Waals surface area contributed by atoms with Gasteiger partial charge in [-0.2, -0.15) is 0 Å². The summed E-state index contributed by atoms with van der Waals surface area (Å²) in [5, 5.41) is 12.6. The topological polar surface area (TPSA) is 67.5 Å². The Morgan fingerprint density at radius 3 is 3.00 bits per heavy atom. The molecule has 0 aliphatic carbocycles. The van der Waals surface area contributed by atoms with Gasteiger partial charge in [-0.05, 0) is 18.2 Å². The minimum atomic E-state index is 0.268. The van der Waals surface area contributed by atoms with Gasteiger partial charge in [0.25, 0.3) is 0 Å². The van der Waals surface area contributed by atoms with Crippen LogP contribution in [0.15, 0.2) is 18.2 Å². The van der Waals surface area contributed by atoms with Crippen LogP contribution in [-0.2, 0) is 11.3 Å². The highest BCUT2D eigenvalue weighted by Crippen LogP contribution is 2.19. The van der Waals surface area contributed by atoms with Crippen LogP contribution in [0, 0.1) is 0 Å². The average molecular weight is 196 g/mol. The Labute approximate surface area is 83.7 Å². The van der Waals surface area contributed by atoms with E-state index >= 15 is 0 Å². The van der Waals surface area contributed by atoms with E-state index in [4.69, 9.17) is 10.5 Å². The Balaban J connectivity index is 2.45. The fourth-order valence-corrected chi connectivity index (χ4v) is 1.14. The molecule has 0 amide bonds. The van der Waals surface area contributed by atoms with E-state index in [-0.39, 0.29) is 5.75 Å². The molecule has 4 nitrogen and oxygen atoms in total. The van der Waals surface area contributed by atoms with Gasteiger partial charge in [0.15, 0.2) is 0 Å². The summed E-state index contributed by atoms with van der Waals surface area (Å²) in [6.45, 7) is 2.01. The highest BCUT2D eigenvalue weighted by atomic mass is 16.5. The van der Waals surface area contributed by atoms with Gasteiger partial charge < -0.3 is 20.9 Å². The molecule has 0 heterocycles. The molecule has 0 saturated heterocycles. The number of rotatable bonds is 5. The molecule has 0 aliphatic rings. The minimum absolute atomic E-state index is 0.268. The predicted molar refractivity (Wildman–Crippen MR) is 56.1 cm³/mol. The number of anilines is 1. The second kappa shape index (κ2) is 5.47. The Morgan fingerprint density at radius 2 is 2.29 bits per heavy atom. The van der Waals surface area contributed by atoms with Gasteiger partial charge in [0.1, 0.15) is 5.75 Å². The quantitative estimate of drug-likeness (QED) is 0.368. The van der Waals surface area contributed by atoms with Crippen molar-refractivity contribution in [1.29, 1.82) is 0 Å². The van der Waals surface area contributed by atoms with Crippen LogP contribution in [0.2, 0.25) is 0 Å². The van der Waals surface area contributed by atoms with Crippen molar-refractivity contribution in [3.8, 4) is 5.75 Å². The molecule has 0 aliphatic heterocycles. The molecule has 4 heteroatoms. The van der Waals surface area contributed by atoms with E-state index in [1.807, 2.05) is 0 Å². The molecule has 78 valence electrons. The third-order valence-corrected chi connectivity index (χ3v) is 1.90. The molecule has 4 N–H and O–H groups in total. The van der Waals surface area contributed by atoms with Gasteiger partial charge in [-0.25, -0.2) is 0 Å². The standard InChI is InChI=1S/C10H16N2O2/c1-14-5-4-12-7-8-6-9(11)2-3-10(8)13/h2-3,6,12-13H,4-5,7,11H2,1H3. The van der Waals surface area contributed by atoms with Crippen LogP contribution in [0.25, 0.3) is 0 Å². The molecule has 0 fully saturated rings. The normalized spacial score (nSPS) is 10.4. The SMILES string of the molecule is COCCNCc1cc(N)ccc1O. The first-order chi connectivity index (χ1) is 6.74. The third-order valence-electron chi connectivity index (χ3n) is 1.90. The van der Waals surface area contributed by atoms with E-state index in [0.717, 1.165) is 12.1 Å². The largest absolute Gasteiger partial charge is 0.508 e. The van der Waals surface area contributed by atoms with Crippen LogP contribution in [0.1, 0.15) is 5.56 Å². The molecule has 0 atom stereocenters. The number of nitrogens with one attached hydrogen (secondary N) is 1. The monoisotopic (exact) mass is 196 g/mol. The number of nitrogens with two attached hydrogens (primary N) is 1. The van der Waals surface area contributed by atoms with Crippen molar-refractivity contribution in [2.75, 3.05) is 26.0 Å². The van der Waals surface area contributed by atoms with E-state index in [0.29, 0.717) is 18.8 Å². The van der Waals surface area contributed by atoms with Crippen molar-refractivity contribution >= 4 is 5.69 Å². The first-order valence-corrected chi connectivity index (χ1v) is 4.51. The van der Waals surface area contributed by atoms with Gasteiger partial charge in [0.2, 0.25) is 0 Å². The van der Waals surface area contributed by atoms with Gasteiger partial charge in [-0.15, -0.1) is 0 Å². The summed E-state index contributed by atoms with van der Waals surface area (Å²) in [5.74, 6) is 0.268. The molecule has 1 aromatic carbocycles. The van der Waals surface area contributed by atoms with Crippen molar-refractivity contribution in [1.82, 2.24) is 5.32 Å². The van der Waals surface area contributed by atoms with Crippen LogP contribution in [-0.4, -0.2) is 25.4 Å². The molecule has 0 spiro atoms. The van der Waals surface area contributed by atoms with E-state index in [1.54, 1.807) is 25.3 Å². The molecule has 0 aromatic heterocycles. The lowest BCUT2D eigenvalue weighted by molar-refractivity contribution is 0.199. The third kappa shape index (κ3) is 3.24. The van der Waals surface area contributed by atoms with E-state index in [1.165, 1.54) is 0 Å². The predicted octanol–water partition coefficient (Wildman–Crippen LogP) is 0.710. The van der Waals surface area contributed by atoms with Crippen molar-refractivity contribution in [3.63, 3.8) is 0 Å². The van der Waals surface area contributed by atoms with E-state index < -0.39 is 0 Å². The second-order valence-corrected chi connectivity index (χ2v) is 3.06. The molecule has 1 aromatic rings. The number of hydrogen-bond acceptors (Lipinski definition) is 4. The van der Waals surface area contributed by atoms with Crippen LogP contribution in [0.5, 0.6) is 5.75 Å². The first kappa shape index (κ1) is 10.8. The van der Waals surface area contributed by atoms with Crippen molar-refractivity contribution in [3.05, 3.63) is 23.8 Å². The number of ether oxygens (including phenoxy) is 1. The number of hydrogen-bond donors (Lipinski definition) is 3. The van der Waals surface area contributed by atoms with Gasteiger partial charge in [0.05, 0.1) is 6.61 Å². The van der Waals surface area contributed by atoms with Gasteiger partial charge >= 0.3 is 0 Å². The lowest BCUT2D eigenvalue weighted by atomic mass is 10.2. The van der Waals surface area contributed by atoms with Crippen LogP contribution in [0.3, 0.4) is 0 Å². The summed E-state index contributed by atoms with van der Waals surface area (Å²) >= 11 is 0. The minimum Gasteiger partial charge on any atom is -0.508 e. The molecule has 0 unspecified atom stereocenters.